The topological polar surface area (TPSA) is 74.5 Å². The van der Waals surface area contributed by atoms with Gasteiger partial charge in [-0.2, -0.15) is 15.0 Å². The van der Waals surface area contributed by atoms with Gasteiger partial charge in [0.2, 0.25) is 0 Å². The Kier molecular flexibility index (Phi) is 3.53. The molecule has 1 unspecified atom stereocenters. The van der Waals surface area contributed by atoms with Crippen molar-refractivity contribution in [2.75, 3.05) is 26.2 Å². The third kappa shape index (κ3) is 2.49. The molecule has 2 saturated heterocycles. The molecular formula is C19H23N5O2. The zero-order chi connectivity index (χ0) is 17.7. The molecule has 2 fully saturated rings. The number of amides is 1. The first-order chi connectivity index (χ1) is 12.6. The molecule has 3 heterocycles. The number of hydrogen-bond acceptors (Lipinski definition) is 4. The van der Waals surface area contributed by atoms with E-state index in [0.717, 1.165) is 38.0 Å². The van der Waals surface area contributed by atoms with E-state index in [-0.39, 0.29) is 0 Å². The fourth-order valence-electron chi connectivity index (χ4n) is 4.96. The lowest BCUT2D eigenvalue weighted by Crippen LogP contribution is -2.61. The number of piperidine rings is 1. The number of carbonyl (C=O) groups is 1. The standard InChI is InChI=1S/C19H23N5O2/c25-18(26)22-9-5-19(6-10-22)12-23(13-19)17-4-1-14-11-15(2-3-16(14)17)24-20-7-8-21-24/h2-3,7-8,11,17H,1,4-6,9-10,12-13H2,(H,25,26). The Hall–Kier alpha value is -2.41. The summed E-state index contributed by atoms with van der Waals surface area (Å²) in [4.78, 5) is 16.9. The molecule has 3 aliphatic rings. The van der Waals surface area contributed by atoms with E-state index >= 15 is 0 Å². The highest BCUT2D eigenvalue weighted by Gasteiger charge is 2.48. The number of fused-ring (bicyclic) bond motifs is 1. The van der Waals surface area contributed by atoms with Crippen LogP contribution >= 0.6 is 0 Å². The normalized spacial score (nSPS) is 24.5. The van der Waals surface area contributed by atoms with Crippen molar-refractivity contribution < 1.29 is 9.90 Å². The van der Waals surface area contributed by atoms with E-state index in [4.69, 9.17) is 5.11 Å². The van der Waals surface area contributed by atoms with Crippen LogP contribution in [0.25, 0.3) is 5.69 Å². The molecule has 0 saturated carbocycles. The van der Waals surface area contributed by atoms with Crippen LogP contribution in [0.1, 0.15) is 36.4 Å². The number of aryl methyl sites for hydroxylation is 1. The Balaban J connectivity index is 1.26. The summed E-state index contributed by atoms with van der Waals surface area (Å²) < 4.78 is 0. The molecule has 1 spiro atoms. The van der Waals surface area contributed by atoms with Gasteiger partial charge in [-0.1, -0.05) is 6.07 Å². The highest BCUT2D eigenvalue weighted by atomic mass is 16.4. The molecule has 0 radical (unpaired) electrons. The van der Waals surface area contributed by atoms with Crippen molar-refractivity contribution in [2.24, 2.45) is 5.41 Å². The van der Waals surface area contributed by atoms with Crippen LogP contribution in [0.4, 0.5) is 4.79 Å². The van der Waals surface area contributed by atoms with Crippen molar-refractivity contribution in [3.8, 4) is 5.69 Å². The number of benzene rings is 1. The molecular weight excluding hydrogens is 330 g/mol. The van der Waals surface area contributed by atoms with Crippen LogP contribution in [-0.2, 0) is 6.42 Å². The van der Waals surface area contributed by atoms with Crippen LogP contribution in [0.5, 0.6) is 0 Å². The lowest BCUT2D eigenvalue weighted by molar-refractivity contribution is -0.0664. The van der Waals surface area contributed by atoms with E-state index in [1.807, 2.05) is 0 Å². The van der Waals surface area contributed by atoms with Gasteiger partial charge in [-0.25, -0.2) is 4.79 Å². The SMILES string of the molecule is O=C(O)N1CCC2(CC1)CN(C1CCc3cc(-n4nccn4)ccc31)C2. The second-order valence-corrected chi connectivity index (χ2v) is 7.93. The van der Waals surface area contributed by atoms with Crippen LogP contribution < -0.4 is 0 Å². The Bertz CT molecular complexity index is 818. The van der Waals surface area contributed by atoms with Crippen LogP contribution in [0.15, 0.2) is 30.6 Å². The number of aromatic nitrogens is 3. The first kappa shape index (κ1) is 15.8. The van der Waals surface area contributed by atoms with Gasteiger partial charge in [0.1, 0.15) is 0 Å². The third-order valence-electron chi connectivity index (χ3n) is 6.43. The zero-order valence-electron chi connectivity index (χ0n) is 14.7. The number of nitrogens with zero attached hydrogens (tertiary/aromatic N) is 5. The summed E-state index contributed by atoms with van der Waals surface area (Å²) in [5, 5.41) is 17.6. The maximum Gasteiger partial charge on any atom is 0.407 e. The van der Waals surface area contributed by atoms with Crippen LogP contribution in [-0.4, -0.2) is 62.2 Å². The largest absolute Gasteiger partial charge is 0.465 e. The molecule has 2 aliphatic heterocycles. The molecule has 2 aromatic rings. The zero-order valence-corrected chi connectivity index (χ0v) is 14.7. The second-order valence-electron chi connectivity index (χ2n) is 7.93. The van der Waals surface area contributed by atoms with E-state index in [0.29, 0.717) is 24.5 Å². The maximum atomic E-state index is 11.1. The average molecular weight is 353 g/mol. The summed E-state index contributed by atoms with van der Waals surface area (Å²) in [6.45, 7) is 3.58. The van der Waals surface area contributed by atoms with Crippen LogP contribution in [0.2, 0.25) is 0 Å². The Morgan fingerprint density at radius 3 is 2.58 bits per heavy atom. The number of hydrogen-bond donors (Lipinski definition) is 1. The van der Waals surface area contributed by atoms with Crippen LogP contribution in [0.3, 0.4) is 0 Å². The van der Waals surface area contributed by atoms with Crippen molar-refractivity contribution in [3.63, 3.8) is 0 Å². The molecule has 7 heteroatoms. The molecule has 136 valence electrons. The summed E-state index contributed by atoms with van der Waals surface area (Å²) in [6.07, 6.45) is 6.89. The predicted molar refractivity (Wildman–Crippen MR) is 95.3 cm³/mol. The monoisotopic (exact) mass is 353 g/mol. The van der Waals surface area contributed by atoms with E-state index in [2.05, 4.69) is 33.3 Å². The first-order valence-electron chi connectivity index (χ1n) is 9.35. The fraction of sp³-hybridized carbons (Fsp3) is 0.526. The Labute approximate surface area is 152 Å². The minimum atomic E-state index is -0.775. The maximum absolute atomic E-state index is 11.1. The molecule has 26 heavy (non-hydrogen) atoms. The summed E-state index contributed by atoms with van der Waals surface area (Å²) in [6, 6.07) is 7.07. The molecule has 1 amide bonds. The van der Waals surface area contributed by atoms with Crippen molar-refractivity contribution in [2.45, 2.75) is 31.7 Å². The minimum Gasteiger partial charge on any atom is -0.465 e. The van der Waals surface area contributed by atoms with Gasteiger partial charge in [-0.3, -0.25) is 4.90 Å². The van der Waals surface area contributed by atoms with Crippen molar-refractivity contribution in [1.82, 2.24) is 24.8 Å². The molecule has 5 rings (SSSR count). The molecule has 1 aliphatic carbocycles. The fourth-order valence-corrected chi connectivity index (χ4v) is 4.96. The minimum absolute atomic E-state index is 0.341. The summed E-state index contributed by atoms with van der Waals surface area (Å²) in [7, 11) is 0. The summed E-state index contributed by atoms with van der Waals surface area (Å²) in [5.74, 6) is 0. The molecule has 7 nitrogen and oxygen atoms in total. The smallest absolute Gasteiger partial charge is 0.407 e. The molecule has 1 aromatic heterocycles. The molecule has 0 bridgehead atoms. The van der Waals surface area contributed by atoms with E-state index in [1.54, 1.807) is 22.1 Å². The third-order valence-corrected chi connectivity index (χ3v) is 6.43. The van der Waals surface area contributed by atoms with Gasteiger partial charge in [-0.15, -0.1) is 0 Å². The van der Waals surface area contributed by atoms with Crippen molar-refractivity contribution in [1.29, 1.82) is 0 Å². The quantitative estimate of drug-likeness (QED) is 0.897. The lowest BCUT2D eigenvalue weighted by Gasteiger charge is -2.56. The number of likely N-dealkylation sites (tertiary alicyclic amines) is 2. The Morgan fingerprint density at radius 2 is 1.88 bits per heavy atom. The molecule has 1 aromatic carbocycles. The van der Waals surface area contributed by atoms with Gasteiger partial charge in [-0.05, 0) is 54.4 Å². The van der Waals surface area contributed by atoms with Gasteiger partial charge in [0.05, 0.1) is 18.1 Å². The number of carboxylic acid groups (broad SMARTS) is 1. The van der Waals surface area contributed by atoms with E-state index in [1.165, 1.54) is 17.5 Å². The summed E-state index contributed by atoms with van der Waals surface area (Å²) in [5.41, 5.74) is 4.22. The number of rotatable bonds is 2. The molecule has 1 atom stereocenters. The highest BCUT2D eigenvalue weighted by molar-refractivity contribution is 5.65. The van der Waals surface area contributed by atoms with Gasteiger partial charge < -0.3 is 10.0 Å². The molecule has 1 N–H and O–H groups in total. The summed E-state index contributed by atoms with van der Waals surface area (Å²) >= 11 is 0. The van der Waals surface area contributed by atoms with Gasteiger partial charge in [0.15, 0.2) is 0 Å². The first-order valence-corrected chi connectivity index (χ1v) is 9.35. The highest BCUT2D eigenvalue weighted by Crippen LogP contribution is 2.47. The van der Waals surface area contributed by atoms with Gasteiger partial charge in [0, 0.05) is 32.2 Å². The predicted octanol–water partition coefficient (Wildman–Crippen LogP) is 2.33. The second kappa shape index (κ2) is 5.81. The van der Waals surface area contributed by atoms with E-state index < -0.39 is 6.09 Å². The average Bonchev–Trinajstić information content (AvgIpc) is 3.29. The lowest BCUT2D eigenvalue weighted by atomic mass is 9.71. The van der Waals surface area contributed by atoms with Gasteiger partial charge in [0.25, 0.3) is 0 Å². The van der Waals surface area contributed by atoms with Gasteiger partial charge >= 0.3 is 6.09 Å². The van der Waals surface area contributed by atoms with Crippen LogP contribution in [0, 0.1) is 5.41 Å². The van der Waals surface area contributed by atoms with Crippen molar-refractivity contribution in [3.05, 3.63) is 41.7 Å². The Morgan fingerprint density at radius 1 is 1.15 bits per heavy atom. The van der Waals surface area contributed by atoms with Crippen molar-refractivity contribution >= 4 is 6.09 Å². The van der Waals surface area contributed by atoms with E-state index in [9.17, 15) is 4.79 Å².